The number of nitrogens with zero attached hydrogens (tertiary/aromatic N) is 1. The minimum absolute atomic E-state index is 0.166. The third-order valence-electron chi connectivity index (χ3n) is 4.14. The van der Waals surface area contributed by atoms with Gasteiger partial charge in [0.05, 0.1) is 5.39 Å². The van der Waals surface area contributed by atoms with Gasteiger partial charge < -0.3 is 15.6 Å². The average Bonchev–Trinajstić information content (AvgIpc) is 2.87. The molecule has 2 aromatic heterocycles. The van der Waals surface area contributed by atoms with Gasteiger partial charge in [-0.1, -0.05) is 6.07 Å². The third-order valence-corrected chi connectivity index (χ3v) is 5.24. The summed E-state index contributed by atoms with van der Waals surface area (Å²) in [7, 11) is 0. The highest BCUT2D eigenvalue weighted by Crippen LogP contribution is 2.25. The maximum Gasteiger partial charge on any atom is 0.259 e. The number of carbonyl (C=O) groups excluding carboxylic acids is 2. The Bertz CT molecular complexity index is 1080. The minimum atomic E-state index is -0.198. The van der Waals surface area contributed by atoms with Crippen LogP contribution in [0.3, 0.4) is 0 Å². The van der Waals surface area contributed by atoms with Gasteiger partial charge in [-0.15, -0.1) is 11.3 Å². The zero-order valence-corrected chi connectivity index (χ0v) is 16.1. The number of aromatic amines is 1. The summed E-state index contributed by atoms with van der Waals surface area (Å²) in [6.07, 6.45) is 0.514. The van der Waals surface area contributed by atoms with Gasteiger partial charge in [0.2, 0.25) is 11.8 Å². The lowest BCUT2D eigenvalue weighted by Gasteiger charge is -2.08. The predicted molar refractivity (Wildman–Crippen MR) is 107 cm³/mol. The van der Waals surface area contributed by atoms with Crippen molar-refractivity contribution in [2.24, 2.45) is 0 Å². The molecule has 8 heteroatoms. The molecule has 0 aliphatic carbocycles. The highest BCUT2D eigenvalue weighted by molar-refractivity contribution is 7.18. The molecule has 2 amide bonds. The van der Waals surface area contributed by atoms with Gasteiger partial charge >= 0.3 is 0 Å². The number of hydrogen-bond acceptors (Lipinski definition) is 5. The molecule has 0 spiro atoms. The fourth-order valence-corrected chi connectivity index (χ4v) is 3.80. The first-order valence-electron chi connectivity index (χ1n) is 8.50. The Morgan fingerprint density at radius 1 is 1.19 bits per heavy atom. The molecule has 3 N–H and O–H groups in total. The maximum absolute atomic E-state index is 12.3. The van der Waals surface area contributed by atoms with E-state index in [2.05, 4.69) is 20.6 Å². The van der Waals surface area contributed by atoms with E-state index in [1.54, 1.807) is 24.3 Å². The number of aromatic nitrogens is 2. The van der Waals surface area contributed by atoms with E-state index in [-0.39, 0.29) is 23.8 Å². The molecule has 0 radical (unpaired) electrons. The molecule has 0 saturated carbocycles. The molecular formula is C19H20N4O3S. The number of thiophene rings is 1. The Labute approximate surface area is 159 Å². The molecular weight excluding hydrogens is 364 g/mol. The fourth-order valence-electron chi connectivity index (χ4n) is 2.75. The number of hydrogen-bond donors (Lipinski definition) is 3. The van der Waals surface area contributed by atoms with Crippen LogP contribution in [0.15, 0.2) is 29.1 Å². The molecule has 0 aliphatic rings. The van der Waals surface area contributed by atoms with Crippen molar-refractivity contribution in [1.82, 2.24) is 9.97 Å². The molecule has 27 heavy (non-hydrogen) atoms. The first-order valence-corrected chi connectivity index (χ1v) is 9.31. The average molecular weight is 384 g/mol. The van der Waals surface area contributed by atoms with Gasteiger partial charge in [-0.3, -0.25) is 14.4 Å². The number of carbonyl (C=O) groups is 2. The smallest absolute Gasteiger partial charge is 0.259 e. The first-order chi connectivity index (χ1) is 12.8. The molecule has 1 aromatic carbocycles. The summed E-state index contributed by atoms with van der Waals surface area (Å²) in [5.74, 6) is 0.120. The van der Waals surface area contributed by atoms with Crippen molar-refractivity contribution in [2.75, 3.05) is 10.6 Å². The van der Waals surface area contributed by atoms with E-state index >= 15 is 0 Å². The normalized spacial score (nSPS) is 10.8. The van der Waals surface area contributed by atoms with E-state index in [1.165, 1.54) is 18.3 Å². The van der Waals surface area contributed by atoms with Crippen LogP contribution in [0, 0.1) is 13.8 Å². The third kappa shape index (κ3) is 4.40. The van der Waals surface area contributed by atoms with Crippen molar-refractivity contribution in [3.63, 3.8) is 0 Å². The summed E-state index contributed by atoms with van der Waals surface area (Å²) in [6, 6.07) is 6.91. The summed E-state index contributed by atoms with van der Waals surface area (Å²) in [4.78, 5) is 44.6. The van der Waals surface area contributed by atoms with E-state index in [0.717, 1.165) is 10.4 Å². The van der Waals surface area contributed by atoms with Gasteiger partial charge in [0, 0.05) is 36.0 Å². The second-order valence-electron chi connectivity index (χ2n) is 6.29. The van der Waals surface area contributed by atoms with Crippen LogP contribution in [0.5, 0.6) is 0 Å². The number of rotatable bonds is 5. The van der Waals surface area contributed by atoms with Gasteiger partial charge in [-0.25, -0.2) is 4.98 Å². The van der Waals surface area contributed by atoms with Crippen LogP contribution in [-0.4, -0.2) is 21.8 Å². The molecule has 0 saturated heterocycles. The van der Waals surface area contributed by atoms with Crippen LogP contribution < -0.4 is 16.2 Å². The first kappa shape index (κ1) is 18.8. The van der Waals surface area contributed by atoms with Gasteiger partial charge in [0.1, 0.15) is 10.7 Å². The molecule has 7 nitrogen and oxygen atoms in total. The zero-order valence-electron chi connectivity index (χ0n) is 15.3. The molecule has 0 fully saturated rings. The zero-order chi connectivity index (χ0) is 19.6. The van der Waals surface area contributed by atoms with Crippen LogP contribution >= 0.6 is 11.3 Å². The lowest BCUT2D eigenvalue weighted by molar-refractivity contribution is -0.116. The Kier molecular flexibility index (Phi) is 5.36. The predicted octanol–water partition coefficient (Wildman–Crippen LogP) is 3.13. The number of anilines is 2. The van der Waals surface area contributed by atoms with E-state index < -0.39 is 0 Å². The van der Waals surface area contributed by atoms with E-state index in [9.17, 15) is 14.4 Å². The van der Waals surface area contributed by atoms with Crippen molar-refractivity contribution in [3.05, 3.63) is 50.9 Å². The Morgan fingerprint density at radius 3 is 2.59 bits per heavy atom. The minimum Gasteiger partial charge on any atom is -0.326 e. The van der Waals surface area contributed by atoms with Gasteiger partial charge in [-0.2, -0.15) is 0 Å². The summed E-state index contributed by atoms with van der Waals surface area (Å²) < 4.78 is 0. The fraction of sp³-hybridized carbons (Fsp3) is 0.263. The summed E-state index contributed by atoms with van der Waals surface area (Å²) >= 11 is 1.48. The highest BCUT2D eigenvalue weighted by atomic mass is 32.1. The molecule has 3 aromatic rings. The van der Waals surface area contributed by atoms with Crippen molar-refractivity contribution in [1.29, 1.82) is 0 Å². The molecule has 3 rings (SSSR count). The number of benzene rings is 1. The molecule has 0 bridgehead atoms. The number of fused-ring (bicyclic) bond motifs is 1. The van der Waals surface area contributed by atoms with Crippen LogP contribution in [0.25, 0.3) is 10.2 Å². The van der Waals surface area contributed by atoms with Crippen LogP contribution in [0.2, 0.25) is 0 Å². The van der Waals surface area contributed by atoms with E-state index in [1.807, 2.05) is 13.8 Å². The second-order valence-corrected chi connectivity index (χ2v) is 7.49. The number of amides is 2. The summed E-state index contributed by atoms with van der Waals surface area (Å²) in [5.41, 5.74) is 1.99. The molecule has 140 valence electrons. The lowest BCUT2D eigenvalue weighted by atomic mass is 10.2. The van der Waals surface area contributed by atoms with Gasteiger partial charge in [0.25, 0.3) is 5.56 Å². The van der Waals surface area contributed by atoms with Crippen LogP contribution in [0.4, 0.5) is 11.4 Å². The molecule has 2 heterocycles. The van der Waals surface area contributed by atoms with Crippen molar-refractivity contribution in [3.8, 4) is 0 Å². The van der Waals surface area contributed by atoms with Crippen molar-refractivity contribution >= 4 is 44.7 Å². The van der Waals surface area contributed by atoms with Gasteiger partial charge in [0.15, 0.2) is 0 Å². The van der Waals surface area contributed by atoms with Gasteiger partial charge in [-0.05, 0) is 37.6 Å². The Morgan fingerprint density at radius 2 is 1.89 bits per heavy atom. The molecule has 0 atom stereocenters. The monoisotopic (exact) mass is 384 g/mol. The topological polar surface area (TPSA) is 104 Å². The number of H-pyrrole nitrogens is 1. The number of aryl methyl sites for hydroxylation is 3. The molecule has 0 aliphatic heterocycles. The van der Waals surface area contributed by atoms with Crippen LogP contribution in [-0.2, 0) is 16.0 Å². The Hall–Kier alpha value is -3.00. The van der Waals surface area contributed by atoms with Crippen molar-refractivity contribution < 1.29 is 9.59 Å². The summed E-state index contributed by atoms with van der Waals surface area (Å²) in [5, 5.41) is 6.08. The number of nitrogens with one attached hydrogen (secondary N) is 3. The Balaban J connectivity index is 1.67. The van der Waals surface area contributed by atoms with Crippen LogP contribution in [0.1, 0.15) is 29.6 Å². The standard InChI is InChI=1S/C19H20N4O3S/c1-10-11(2)27-19-17(10)18(26)22-15(23-19)7-8-16(25)21-14-6-4-5-13(9-14)20-12(3)24/h4-6,9H,7-8H2,1-3H3,(H,20,24)(H,21,25)(H,22,23,26). The maximum atomic E-state index is 12.3. The second kappa shape index (κ2) is 7.71. The SMILES string of the molecule is CC(=O)Nc1cccc(NC(=O)CCc2nc3sc(C)c(C)c3c(=O)[nH]2)c1. The summed E-state index contributed by atoms with van der Waals surface area (Å²) in [6.45, 7) is 5.29. The van der Waals surface area contributed by atoms with E-state index in [0.29, 0.717) is 33.8 Å². The quantitative estimate of drug-likeness (QED) is 0.629. The molecule has 0 unspecified atom stereocenters. The highest BCUT2D eigenvalue weighted by Gasteiger charge is 2.12. The van der Waals surface area contributed by atoms with Crippen molar-refractivity contribution in [2.45, 2.75) is 33.6 Å². The lowest BCUT2D eigenvalue weighted by Crippen LogP contribution is -2.16. The van der Waals surface area contributed by atoms with E-state index in [4.69, 9.17) is 0 Å². The largest absolute Gasteiger partial charge is 0.326 e.